The van der Waals surface area contributed by atoms with Gasteiger partial charge in [0.2, 0.25) is 0 Å². The summed E-state index contributed by atoms with van der Waals surface area (Å²) >= 11 is 5.74. The predicted molar refractivity (Wildman–Crippen MR) is 165 cm³/mol. The Balaban J connectivity index is 0.000000232. The Hall–Kier alpha value is -4.57. The summed E-state index contributed by atoms with van der Waals surface area (Å²) in [5, 5.41) is 13.8. The number of methoxy groups -OCH3 is 2. The number of nitrogens with one attached hydrogen (secondary N) is 1. The van der Waals surface area contributed by atoms with Crippen LogP contribution in [0.3, 0.4) is 0 Å². The van der Waals surface area contributed by atoms with Crippen molar-refractivity contribution in [3.8, 4) is 34.5 Å². The van der Waals surface area contributed by atoms with Crippen molar-refractivity contribution >= 4 is 35.2 Å². The van der Waals surface area contributed by atoms with Crippen LogP contribution in [0.2, 0.25) is 5.02 Å². The van der Waals surface area contributed by atoms with Gasteiger partial charge in [0.05, 0.1) is 31.8 Å². The smallest absolute Gasteiger partial charge is 0.411 e. The second kappa shape index (κ2) is 12.2. The van der Waals surface area contributed by atoms with E-state index in [4.69, 9.17) is 40.0 Å². The highest BCUT2D eigenvalue weighted by Gasteiger charge is 2.46. The number of amides is 1. The van der Waals surface area contributed by atoms with Crippen LogP contribution in [0, 0.1) is 0 Å². The van der Waals surface area contributed by atoms with Crippen molar-refractivity contribution in [2.75, 3.05) is 26.1 Å². The summed E-state index contributed by atoms with van der Waals surface area (Å²) in [6.07, 6.45) is 2.63. The first-order valence-corrected chi connectivity index (χ1v) is 14.4. The number of halogens is 1. The second-order valence-corrected chi connectivity index (χ2v) is 11.6. The zero-order chi connectivity index (χ0) is 31.8. The fourth-order valence-corrected chi connectivity index (χ4v) is 5.39. The molecule has 3 aromatic rings. The summed E-state index contributed by atoms with van der Waals surface area (Å²) < 4.78 is 33.7. The molecule has 2 atom stereocenters. The van der Waals surface area contributed by atoms with Crippen LogP contribution in [0.5, 0.6) is 34.5 Å². The summed E-state index contributed by atoms with van der Waals surface area (Å²) in [6.45, 7) is 7.60. The van der Waals surface area contributed by atoms with Gasteiger partial charge >= 0.3 is 6.09 Å². The number of hydrogen-bond acceptors (Lipinski definition) is 9. The topological polar surface area (TPSA) is 122 Å². The predicted octanol–water partition coefficient (Wildman–Crippen LogP) is 7.01. The van der Waals surface area contributed by atoms with E-state index in [1.807, 2.05) is 26.0 Å². The van der Waals surface area contributed by atoms with E-state index in [0.717, 1.165) is 0 Å². The monoisotopic (exact) mass is 623 g/mol. The van der Waals surface area contributed by atoms with Gasteiger partial charge in [0.25, 0.3) is 0 Å². The van der Waals surface area contributed by atoms with Crippen LogP contribution in [0.25, 0.3) is 6.08 Å². The van der Waals surface area contributed by atoms with Crippen molar-refractivity contribution in [2.45, 2.75) is 51.4 Å². The largest absolute Gasteiger partial charge is 0.507 e. The Morgan fingerprint density at radius 1 is 1.09 bits per heavy atom. The van der Waals surface area contributed by atoms with E-state index in [9.17, 15) is 14.7 Å². The SMILES string of the molecule is CC(C)OC(=O)Nc1cccc(Cl)c1.COc1cc2c(cc1OC)C1C(=O)c3c(O)cc4c(c3OC1CO2)C=CC(C)(C)O4. The van der Waals surface area contributed by atoms with Crippen LogP contribution in [0.4, 0.5) is 10.5 Å². The number of Topliss-reactive ketones (excluding diaryl/α,β-unsaturated/α-hetero) is 1. The molecule has 3 aliphatic heterocycles. The van der Waals surface area contributed by atoms with Gasteiger partial charge < -0.3 is 33.5 Å². The minimum absolute atomic E-state index is 0.130. The number of phenolic OH excluding ortho intramolecular Hbond substituents is 1. The molecule has 0 bridgehead atoms. The normalized spacial score (nSPS) is 18.4. The molecule has 0 aliphatic carbocycles. The molecule has 0 fully saturated rings. The molecule has 3 aromatic carbocycles. The maximum Gasteiger partial charge on any atom is 0.411 e. The second-order valence-electron chi connectivity index (χ2n) is 11.2. The lowest BCUT2D eigenvalue weighted by Crippen LogP contribution is -2.43. The highest BCUT2D eigenvalue weighted by Crippen LogP contribution is 2.52. The van der Waals surface area contributed by atoms with Crippen molar-refractivity contribution in [3.63, 3.8) is 0 Å². The van der Waals surface area contributed by atoms with E-state index in [1.165, 1.54) is 13.2 Å². The lowest BCUT2D eigenvalue weighted by molar-refractivity contribution is 0.0547. The van der Waals surface area contributed by atoms with Crippen molar-refractivity contribution in [1.29, 1.82) is 0 Å². The highest BCUT2D eigenvalue weighted by atomic mass is 35.5. The molecule has 10 nitrogen and oxygen atoms in total. The number of phenols is 1. The van der Waals surface area contributed by atoms with Crippen LogP contribution in [0.1, 0.15) is 55.1 Å². The Bertz CT molecular complexity index is 1630. The number of benzene rings is 3. The molecule has 0 radical (unpaired) electrons. The van der Waals surface area contributed by atoms with E-state index in [2.05, 4.69) is 5.32 Å². The molecule has 2 unspecified atom stereocenters. The molecule has 1 amide bonds. The number of ether oxygens (including phenoxy) is 6. The zero-order valence-electron chi connectivity index (χ0n) is 25.2. The molecule has 6 rings (SSSR count). The minimum Gasteiger partial charge on any atom is -0.507 e. The van der Waals surface area contributed by atoms with Gasteiger partial charge in [-0.1, -0.05) is 17.7 Å². The number of rotatable bonds is 4. The third-order valence-electron chi connectivity index (χ3n) is 7.12. The minimum atomic E-state index is -0.630. The van der Waals surface area contributed by atoms with Crippen LogP contribution < -0.4 is 29.0 Å². The summed E-state index contributed by atoms with van der Waals surface area (Å²) in [5.41, 5.74) is 1.56. The number of hydrogen-bond donors (Lipinski definition) is 2. The van der Waals surface area contributed by atoms with E-state index in [-0.39, 0.29) is 29.8 Å². The first-order chi connectivity index (χ1) is 20.9. The Labute approximate surface area is 260 Å². The number of carbonyl (C=O) groups excluding carboxylic acids is 2. The van der Waals surface area contributed by atoms with Crippen molar-refractivity contribution < 1.29 is 43.1 Å². The van der Waals surface area contributed by atoms with Crippen LogP contribution in [0.15, 0.2) is 48.5 Å². The van der Waals surface area contributed by atoms with Gasteiger partial charge in [-0.2, -0.15) is 0 Å². The number of anilines is 1. The average molecular weight is 624 g/mol. The Morgan fingerprint density at radius 3 is 2.50 bits per heavy atom. The van der Waals surface area contributed by atoms with Gasteiger partial charge in [0.1, 0.15) is 46.9 Å². The average Bonchev–Trinajstić information content (AvgIpc) is 2.95. The Morgan fingerprint density at radius 2 is 1.82 bits per heavy atom. The molecule has 0 spiro atoms. The molecule has 3 heterocycles. The maximum atomic E-state index is 13.6. The summed E-state index contributed by atoms with van der Waals surface area (Å²) in [6, 6.07) is 11.8. The number of aromatic hydroxyl groups is 1. The molecule has 44 heavy (non-hydrogen) atoms. The lowest BCUT2D eigenvalue weighted by atomic mass is 9.80. The van der Waals surface area contributed by atoms with Gasteiger partial charge in [-0.25, -0.2) is 4.79 Å². The molecule has 0 aromatic heterocycles. The summed E-state index contributed by atoms with van der Waals surface area (Å²) in [7, 11) is 3.07. The van der Waals surface area contributed by atoms with Crippen molar-refractivity contribution in [3.05, 3.63) is 70.3 Å². The molecular formula is C33H34ClNO9. The van der Waals surface area contributed by atoms with E-state index in [0.29, 0.717) is 50.6 Å². The van der Waals surface area contributed by atoms with Gasteiger partial charge in [-0.15, -0.1) is 0 Å². The fourth-order valence-electron chi connectivity index (χ4n) is 5.20. The molecule has 0 saturated heterocycles. The van der Waals surface area contributed by atoms with Gasteiger partial charge in [-0.3, -0.25) is 10.1 Å². The number of fused-ring (bicyclic) bond motifs is 6. The molecular weight excluding hydrogens is 590 g/mol. The van der Waals surface area contributed by atoms with Crippen molar-refractivity contribution in [1.82, 2.24) is 0 Å². The van der Waals surface area contributed by atoms with E-state index >= 15 is 0 Å². The van der Waals surface area contributed by atoms with E-state index in [1.54, 1.807) is 57.4 Å². The van der Waals surface area contributed by atoms with Crippen LogP contribution in [-0.4, -0.2) is 55.6 Å². The van der Waals surface area contributed by atoms with Crippen LogP contribution >= 0.6 is 11.6 Å². The molecule has 11 heteroatoms. The van der Waals surface area contributed by atoms with Crippen LogP contribution in [-0.2, 0) is 4.74 Å². The third kappa shape index (κ3) is 6.21. The Kier molecular flexibility index (Phi) is 8.56. The standard InChI is InChI=1S/C23H22O7.C10H12ClNO2/c1-23(2)6-5-11-15(30-23)8-13(24)20-21(25)19-12-7-16(26-3)17(27-4)9-14(12)28-10-18(19)29-22(11)20;1-7(2)14-10(13)12-9-5-3-4-8(11)6-9/h5-9,18-19,24H,10H2,1-4H3;3-7H,1-2H3,(H,12,13). The highest BCUT2D eigenvalue weighted by molar-refractivity contribution is 6.30. The molecule has 3 aliphatic rings. The third-order valence-corrected chi connectivity index (χ3v) is 7.36. The fraction of sp³-hybridized carbons (Fsp3) is 0.333. The summed E-state index contributed by atoms with van der Waals surface area (Å²) in [4.78, 5) is 24.7. The first kappa shape index (κ1) is 30.9. The first-order valence-electron chi connectivity index (χ1n) is 14.0. The van der Waals surface area contributed by atoms with Gasteiger partial charge in [-0.05, 0) is 64.1 Å². The maximum absolute atomic E-state index is 13.6. The molecule has 232 valence electrons. The quantitative estimate of drug-likeness (QED) is 0.316. The summed E-state index contributed by atoms with van der Waals surface area (Å²) in [5.74, 6) is 1.34. The van der Waals surface area contributed by atoms with Gasteiger partial charge in [0, 0.05) is 28.4 Å². The van der Waals surface area contributed by atoms with Crippen molar-refractivity contribution in [2.24, 2.45) is 0 Å². The van der Waals surface area contributed by atoms with Gasteiger partial charge in [0.15, 0.2) is 17.3 Å². The molecule has 2 N–H and O–H groups in total. The zero-order valence-corrected chi connectivity index (χ0v) is 26.0. The lowest BCUT2D eigenvalue weighted by Gasteiger charge is -2.39. The number of ketones is 1. The van der Waals surface area contributed by atoms with E-state index < -0.39 is 23.7 Å². The molecule has 0 saturated carbocycles. The number of carbonyl (C=O) groups is 2.